The van der Waals surface area contributed by atoms with Gasteiger partial charge in [0.15, 0.2) is 0 Å². The van der Waals surface area contributed by atoms with E-state index in [1.165, 1.54) is 32.1 Å². The summed E-state index contributed by atoms with van der Waals surface area (Å²) in [5.74, 6) is 3.60. The summed E-state index contributed by atoms with van der Waals surface area (Å²) in [7, 11) is 0. The maximum atomic E-state index is 10.2. The molecule has 0 aromatic rings. The zero-order valence-electron chi connectivity index (χ0n) is 11.2. The molecule has 0 aromatic heterocycles. The molecule has 94 valence electrons. The largest absolute Gasteiger partial charge is 0.390 e. The topological polar surface area (TPSA) is 20.2 Å². The van der Waals surface area contributed by atoms with Crippen molar-refractivity contribution in [2.24, 2.45) is 23.7 Å². The van der Waals surface area contributed by atoms with Crippen LogP contribution < -0.4 is 0 Å². The first-order chi connectivity index (χ1) is 7.53. The first kappa shape index (κ1) is 12.4. The Morgan fingerprint density at radius 2 is 2.00 bits per heavy atom. The summed E-state index contributed by atoms with van der Waals surface area (Å²) in [5.41, 5.74) is -0.363. The van der Waals surface area contributed by atoms with Crippen LogP contribution in [0.25, 0.3) is 0 Å². The molecule has 2 aliphatic carbocycles. The van der Waals surface area contributed by atoms with Crippen LogP contribution in [0.2, 0.25) is 0 Å². The molecule has 0 spiro atoms. The van der Waals surface area contributed by atoms with Crippen LogP contribution >= 0.6 is 0 Å². The van der Waals surface area contributed by atoms with Crippen molar-refractivity contribution in [3.05, 3.63) is 0 Å². The third-order valence-electron chi connectivity index (χ3n) is 5.22. The summed E-state index contributed by atoms with van der Waals surface area (Å²) in [5, 5.41) is 10.2. The van der Waals surface area contributed by atoms with E-state index in [1.54, 1.807) is 0 Å². The Morgan fingerprint density at radius 1 is 1.25 bits per heavy atom. The van der Waals surface area contributed by atoms with Crippen molar-refractivity contribution >= 4 is 0 Å². The van der Waals surface area contributed by atoms with Gasteiger partial charge in [-0.2, -0.15) is 0 Å². The average Bonchev–Trinajstić information content (AvgIpc) is 2.21. The molecule has 0 bridgehead atoms. The summed E-state index contributed by atoms with van der Waals surface area (Å²) < 4.78 is 0. The molecule has 2 saturated carbocycles. The van der Waals surface area contributed by atoms with E-state index in [-0.39, 0.29) is 5.60 Å². The lowest BCUT2D eigenvalue weighted by Gasteiger charge is -2.48. The van der Waals surface area contributed by atoms with Crippen LogP contribution in [0.1, 0.15) is 65.7 Å². The predicted molar refractivity (Wildman–Crippen MR) is 68.3 cm³/mol. The minimum Gasteiger partial charge on any atom is -0.390 e. The molecule has 0 radical (unpaired) electrons. The molecule has 0 unspecified atom stereocenters. The van der Waals surface area contributed by atoms with E-state index in [0.29, 0.717) is 0 Å². The van der Waals surface area contributed by atoms with Crippen molar-refractivity contribution in [3.8, 4) is 0 Å². The van der Waals surface area contributed by atoms with E-state index in [1.807, 2.05) is 6.92 Å². The highest BCUT2D eigenvalue weighted by atomic mass is 16.3. The van der Waals surface area contributed by atoms with Crippen molar-refractivity contribution in [1.29, 1.82) is 0 Å². The molecule has 1 heteroatoms. The van der Waals surface area contributed by atoms with Gasteiger partial charge in [-0.15, -0.1) is 0 Å². The second-order valence-corrected chi connectivity index (χ2v) is 6.67. The van der Waals surface area contributed by atoms with Crippen LogP contribution in [0.3, 0.4) is 0 Å². The van der Waals surface area contributed by atoms with Crippen molar-refractivity contribution < 1.29 is 5.11 Å². The van der Waals surface area contributed by atoms with Gasteiger partial charge in [-0.1, -0.05) is 33.1 Å². The minimum absolute atomic E-state index is 0.363. The molecular formula is C15H28O. The summed E-state index contributed by atoms with van der Waals surface area (Å²) in [4.78, 5) is 0. The zero-order chi connectivity index (χ0) is 11.8. The fourth-order valence-electron chi connectivity index (χ4n) is 4.36. The molecule has 2 aliphatic rings. The second-order valence-electron chi connectivity index (χ2n) is 6.67. The minimum atomic E-state index is -0.363. The molecule has 5 atom stereocenters. The molecule has 1 N–H and O–H groups in total. The molecule has 1 nitrogen and oxygen atoms in total. The van der Waals surface area contributed by atoms with Gasteiger partial charge in [-0.25, -0.2) is 0 Å². The second kappa shape index (κ2) is 4.68. The van der Waals surface area contributed by atoms with Gasteiger partial charge in [0.05, 0.1) is 5.60 Å². The molecule has 2 fully saturated rings. The van der Waals surface area contributed by atoms with Gasteiger partial charge < -0.3 is 5.11 Å². The molecule has 0 aromatic carbocycles. The quantitative estimate of drug-likeness (QED) is 0.751. The number of rotatable bonds is 2. The normalized spacial score (nSPS) is 48.8. The number of aliphatic hydroxyl groups is 1. The Hall–Kier alpha value is -0.0400. The van der Waals surface area contributed by atoms with Gasteiger partial charge >= 0.3 is 0 Å². The van der Waals surface area contributed by atoms with E-state index >= 15 is 0 Å². The lowest BCUT2D eigenvalue weighted by atomic mass is 9.58. The first-order valence-electron chi connectivity index (χ1n) is 7.26. The van der Waals surface area contributed by atoms with E-state index < -0.39 is 0 Å². The van der Waals surface area contributed by atoms with E-state index in [0.717, 1.165) is 36.5 Å². The van der Waals surface area contributed by atoms with Crippen molar-refractivity contribution in [1.82, 2.24) is 0 Å². The van der Waals surface area contributed by atoms with E-state index in [2.05, 4.69) is 13.8 Å². The van der Waals surface area contributed by atoms with E-state index in [4.69, 9.17) is 0 Å². The van der Waals surface area contributed by atoms with Crippen molar-refractivity contribution in [3.63, 3.8) is 0 Å². The fourth-order valence-corrected chi connectivity index (χ4v) is 4.36. The third kappa shape index (κ3) is 2.45. The summed E-state index contributed by atoms with van der Waals surface area (Å²) in [6.07, 6.45) is 8.85. The molecule has 0 amide bonds. The summed E-state index contributed by atoms with van der Waals surface area (Å²) >= 11 is 0. The van der Waals surface area contributed by atoms with Gasteiger partial charge in [-0.05, 0) is 56.3 Å². The van der Waals surface area contributed by atoms with Gasteiger partial charge in [0, 0.05) is 0 Å². The number of hydrogen-bond acceptors (Lipinski definition) is 1. The average molecular weight is 224 g/mol. The smallest absolute Gasteiger partial charge is 0.0622 e. The van der Waals surface area contributed by atoms with Crippen LogP contribution in [0, 0.1) is 23.7 Å². The van der Waals surface area contributed by atoms with Crippen LogP contribution in [0.5, 0.6) is 0 Å². The van der Waals surface area contributed by atoms with Gasteiger partial charge in [0.1, 0.15) is 0 Å². The first-order valence-corrected chi connectivity index (χ1v) is 7.26. The van der Waals surface area contributed by atoms with Crippen LogP contribution in [0.4, 0.5) is 0 Å². The lowest BCUT2D eigenvalue weighted by molar-refractivity contribution is -0.0578. The van der Waals surface area contributed by atoms with Crippen LogP contribution in [0.15, 0.2) is 0 Å². The Morgan fingerprint density at radius 3 is 2.69 bits per heavy atom. The standard InChI is InChI=1S/C15H28O/c1-4-5-13-11(2)6-7-12-10-15(3,16)9-8-14(12)13/h11-14,16H,4-10H2,1-3H3/t11-,12+,13+,14+,15-/m1/s1. The molecule has 2 rings (SSSR count). The maximum Gasteiger partial charge on any atom is 0.0622 e. The zero-order valence-corrected chi connectivity index (χ0v) is 11.2. The molecule has 0 saturated heterocycles. The lowest BCUT2D eigenvalue weighted by Crippen LogP contribution is -2.43. The number of hydrogen-bond donors (Lipinski definition) is 1. The number of fused-ring (bicyclic) bond motifs is 1. The predicted octanol–water partition coefficient (Wildman–Crippen LogP) is 4.00. The van der Waals surface area contributed by atoms with E-state index in [9.17, 15) is 5.11 Å². The van der Waals surface area contributed by atoms with Crippen LogP contribution in [-0.2, 0) is 0 Å². The Bertz CT molecular complexity index is 234. The highest BCUT2D eigenvalue weighted by molar-refractivity contribution is 4.94. The summed E-state index contributed by atoms with van der Waals surface area (Å²) in [6.45, 7) is 6.80. The van der Waals surface area contributed by atoms with Crippen molar-refractivity contribution in [2.45, 2.75) is 71.3 Å². The third-order valence-corrected chi connectivity index (χ3v) is 5.22. The molecule has 0 heterocycles. The monoisotopic (exact) mass is 224 g/mol. The highest BCUT2D eigenvalue weighted by Gasteiger charge is 2.43. The fraction of sp³-hybridized carbons (Fsp3) is 1.00. The highest BCUT2D eigenvalue weighted by Crippen LogP contribution is 2.50. The Kier molecular flexibility index (Phi) is 3.63. The SMILES string of the molecule is CCC[C@@H]1[C@H]2CC[C@@](C)(O)C[C@@H]2CC[C@H]1C. The molecule has 0 aliphatic heterocycles. The molecular weight excluding hydrogens is 196 g/mol. The van der Waals surface area contributed by atoms with Crippen molar-refractivity contribution in [2.75, 3.05) is 0 Å². The van der Waals surface area contributed by atoms with Gasteiger partial charge in [0.2, 0.25) is 0 Å². The van der Waals surface area contributed by atoms with Gasteiger partial charge in [-0.3, -0.25) is 0 Å². The maximum absolute atomic E-state index is 10.2. The van der Waals surface area contributed by atoms with Gasteiger partial charge in [0.25, 0.3) is 0 Å². The van der Waals surface area contributed by atoms with Crippen LogP contribution in [-0.4, -0.2) is 10.7 Å². The summed E-state index contributed by atoms with van der Waals surface area (Å²) in [6, 6.07) is 0. The molecule has 16 heavy (non-hydrogen) atoms. The Balaban J connectivity index is 2.05. The Labute approximate surface area is 101 Å².